The number of hydrogen-bond acceptors (Lipinski definition) is 4. The van der Waals surface area contributed by atoms with Gasteiger partial charge in [0.15, 0.2) is 6.10 Å². The maximum absolute atomic E-state index is 12.4. The Morgan fingerprint density at radius 3 is 2.73 bits per heavy atom. The van der Waals surface area contributed by atoms with Crippen molar-refractivity contribution in [1.29, 1.82) is 0 Å². The highest BCUT2D eigenvalue weighted by molar-refractivity contribution is 6.00. The number of methoxy groups -OCH3 is 1. The van der Waals surface area contributed by atoms with Crippen molar-refractivity contribution in [3.63, 3.8) is 0 Å². The third kappa shape index (κ3) is 3.79. The van der Waals surface area contributed by atoms with E-state index in [9.17, 15) is 9.59 Å². The van der Waals surface area contributed by atoms with E-state index in [4.69, 9.17) is 9.47 Å². The van der Waals surface area contributed by atoms with Crippen LogP contribution in [0.2, 0.25) is 0 Å². The summed E-state index contributed by atoms with van der Waals surface area (Å²) in [7, 11) is 1.60. The fraction of sp³-hybridized carbons (Fsp3) is 0.300. The molecule has 0 radical (unpaired) electrons. The number of carbonyl (C=O) groups excluding carboxylic acids is 2. The largest absolute Gasteiger partial charge is 0.496 e. The number of para-hydroxylation sites is 3. The number of fused-ring (bicyclic) bond motifs is 1. The van der Waals surface area contributed by atoms with Gasteiger partial charge in [-0.3, -0.25) is 9.59 Å². The van der Waals surface area contributed by atoms with Gasteiger partial charge in [0, 0.05) is 25.1 Å². The first-order valence-corrected chi connectivity index (χ1v) is 8.56. The van der Waals surface area contributed by atoms with Crippen LogP contribution in [0.4, 0.5) is 5.69 Å². The Kier molecular flexibility index (Phi) is 5.41. The Morgan fingerprint density at radius 2 is 1.92 bits per heavy atom. The van der Waals surface area contributed by atoms with Crippen LogP contribution in [0.1, 0.15) is 18.9 Å². The quantitative estimate of drug-likeness (QED) is 0.866. The Morgan fingerprint density at radius 1 is 1.19 bits per heavy atom. The fourth-order valence-electron chi connectivity index (χ4n) is 2.93. The minimum absolute atomic E-state index is 0.125. The number of benzene rings is 2. The van der Waals surface area contributed by atoms with Crippen molar-refractivity contribution in [1.82, 2.24) is 5.32 Å². The predicted molar refractivity (Wildman–Crippen MR) is 98.3 cm³/mol. The fourth-order valence-corrected chi connectivity index (χ4v) is 2.93. The molecular formula is C20H22N2O4. The first kappa shape index (κ1) is 17.8. The van der Waals surface area contributed by atoms with Crippen molar-refractivity contribution in [3.8, 4) is 11.5 Å². The van der Waals surface area contributed by atoms with Gasteiger partial charge in [0.1, 0.15) is 11.5 Å². The molecule has 26 heavy (non-hydrogen) atoms. The molecule has 1 aliphatic heterocycles. The molecule has 6 nitrogen and oxygen atoms in total. The number of hydrogen-bond donors (Lipinski definition) is 1. The van der Waals surface area contributed by atoms with E-state index in [-0.39, 0.29) is 18.2 Å². The number of carbonyl (C=O) groups is 2. The van der Waals surface area contributed by atoms with Crippen LogP contribution < -0.4 is 19.7 Å². The second kappa shape index (κ2) is 7.91. The van der Waals surface area contributed by atoms with E-state index >= 15 is 0 Å². The molecule has 6 heteroatoms. The molecule has 0 bridgehead atoms. The molecule has 2 amide bonds. The van der Waals surface area contributed by atoms with Crippen molar-refractivity contribution < 1.29 is 19.1 Å². The van der Waals surface area contributed by atoms with E-state index in [2.05, 4.69) is 5.32 Å². The molecule has 0 spiro atoms. The van der Waals surface area contributed by atoms with E-state index in [1.807, 2.05) is 48.5 Å². The Hall–Kier alpha value is -3.02. The number of ether oxygens (including phenoxy) is 2. The summed E-state index contributed by atoms with van der Waals surface area (Å²) in [6, 6.07) is 14.9. The molecule has 0 aromatic heterocycles. The second-order valence-electron chi connectivity index (χ2n) is 6.06. The summed E-state index contributed by atoms with van der Waals surface area (Å²) in [4.78, 5) is 26.3. The van der Waals surface area contributed by atoms with Crippen molar-refractivity contribution in [2.45, 2.75) is 26.0 Å². The van der Waals surface area contributed by atoms with Gasteiger partial charge < -0.3 is 19.7 Å². The van der Waals surface area contributed by atoms with E-state index in [1.54, 1.807) is 18.9 Å². The van der Waals surface area contributed by atoms with Gasteiger partial charge in [-0.25, -0.2) is 0 Å². The smallest absolute Gasteiger partial charge is 0.267 e. The third-order valence-electron chi connectivity index (χ3n) is 4.30. The van der Waals surface area contributed by atoms with Crippen LogP contribution in [0.25, 0.3) is 0 Å². The lowest BCUT2D eigenvalue weighted by Gasteiger charge is -2.32. The van der Waals surface area contributed by atoms with Crippen LogP contribution >= 0.6 is 0 Å². The highest BCUT2D eigenvalue weighted by atomic mass is 16.5. The van der Waals surface area contributed by atoms with Crippen LogP contribution in [-0.4, -0.2) is 31.6 Å². The maximum atomic E-state index is 12.4. The summed E-state index contributed by atoms with van der Waals surface area (Å²) >= 11 is 0. The van der Waals surface area contributed by atoms with Gasteiger partial charge in [-0.15, -0.1) is 0 Å². The predicted octanol–water partition coefficient (Wildman–Crippen LogP) is 2.52. The monoisotopic (exact) mass is 354 g/mol. The van der Waals surface area contributed by atoms with E-state index in [0.29, 0.717) is 24.5 Å². The van der Waals surface area contributed by atoms with Crippen LogP contribution in [0.5, 0.6) is 11.5 Å². The average molecular weight is 354 g/mol. The summed E-state index contributed by atoms with van der Waals surface area (Å²) in [6.07, 6.45) is -0.344. The minimum atomic E-state index is -0.554. The second-order valence-corrected chi connectivity index (χ2v) is 6.06. The Labute approximate surface area is 152 Å². The SMILES string of the molecule is COc1ccccc1CNC(=O)CCN1C(=O)C(C)Oc2ccccc21. The molecule has 1 atom stereocenters. The topological polar surface area (TPSA) is 67.9 Å². The zero-order chi connectivity index (χ0) is 18.5. The highest BCUT2D eigenvalue weighted by Crippen LogP contribution is 2.33. The minimum Gasteiger partial charge on any atom is -0.496 e. The third-order valence-corrected chi connectivity index (χ3v) is 4.30. The molecule has 1 aliphatic rings. The molecule has 1 heterocycles. The number of rotatable bonds is 6. The number of anilines is 1. The van der Waals surface area contributed by atoms with Gasteiger partial charge in [0.05, 0.1) is 12.8 Å². The summed E-state index contributed by atoms with van der Waals surface area (Å²) in [5.41, 5.74) is 1.61. The van der Waals surface area contributed by atoms with Crippen molar-refractivity contribution in [3.05, 3.63) is 54.1 Å². The van der Waals surface area contributed by atoms with Gasteiger partial charge in [-0.05, 0) is 25.1 Å². The van der Waals surface area contributed by atoms with Crippen molar-refractivity contribution in [2.24, 2.45) is 0 Å². The molecule has 1 N–H and O–H groups in total. The lowest BCUT2D eigenvalue weighted by molar-refractivity contribution is -0.125. The van der Waals surface area contributed by atoms with Crippen LogP contribution in [0.3, 0.4) is 0 Å². The lowest BCUT2D eigenvalue weighted by atomic mass is 10.1. The summed E-state index contributed by atoms with van der Waals surface area (Å²) < 4.78 is 10.9. The first-order chi connectivity index (χ1) is 12.6. The average Bonchev–Trinajstić information content (AvgIpc) is 2.67. The van der Waals surface area contributed by atoms with Crippen LogP contribution in [-0.2, 0) is 16.1 Å². The van der Waals surface area contributed by atoms with Gasteiger partial charge in [0.2, 0.25) is 5.91 Å². The van der Waals surface area contributed by atoms with Crippen molar-refractivity contribution >= 4 is 17.5 Å². The van der Waals surface area contributed by atoms with E-state index in [1.165, 1.54) is 0 Å². The summed E-state index contributed by atoms with van der Waals surface area (Å²) in [6.45, 7) is 2.40. The van der Waals surface area contributed by atoms with Gasteiger partial charge >= 0.3 is 0 Å². The number of amides is 2. The van der Waals surface area contributed by atoms with Crippen molar-refractivity contribution in [2.75, 3.05) is 18.6 Å². The Balaban J connectivity index is 1.60. The maximum Gasteiger partial charge on any atom is 0.267 e. The number of nitrogens with one attached hydrogen (secondary N) is 1. The lowest BCUT2D eigenvalue weighted by Crippen LogP contribution is -2.45. The van der Waals surface area contributed by atoms with E-state index < -0.39 is 6.10 Å². The molecule has 0 fully saturated rings. The van der Waals surface area contributed by atoms with E-state index in [0.717, 1.165) is 11.3 Å². The molecule has 1 unspecified atom stereocenters. The molecule has 136 valence electrons. The zero-order valence-electron chi connectivity index (χ0n) is 14.9. The first-order valence-electron chi connectivity index (χ1n) is 8.56. The molecule has 0 saturated carbocycles. The molecule has 2 aromatic carbocycles. The molecule has 3 rings (SSSR count). The Bertz CT molecular complexity index is 806. The summed E-state index contributed by atoms with van der Waals surface area (Å²) in [5, 5.41) is 2.88. The standard InChI is InChI=1S/C20H22N2O4/c1-14-20(24)22(16-8-4-6-10-18(16)26-14)12-11-19(23)21-13-15-7-3-5-9-17(15)25-2/h3-10,14H,11-13H2,1-2H3,(H,21,23). The normalized spacial score (nSPS) is 15.8. The summed E-state index contributed by atoms with van der Waals surface area (Å²) in [5.74, 6) is 1.13. The molecule has 2 aromatic rings. The molecular weight excluding hydrogens is 332 g/mol. The molecule has 0 aliphatic carbocycles. The van der Waals surface area contributed by atoms with Gasteiger partial charge in [-0.1, -0.05) is 30.3 Å². The van der Waals surface area contributed by atoms with Gasteiger partial charge in [0.25, 0.3) is 5.91 Å². The highest BCUT2D eigenvalue weighted by Gasteiger charge is 2.31. The molecule has 0 saturated heterocycles. The zero-order valence-corrected chi connectivity index (χ0v) is 14.9. The van der Waals surface area contributed by atoms with Gasteiger partial charge in [-0.2, -0.15) is 0 Å². The van der Waals surface area contributed by atoms with Crippen LogP contribution in [0, 0.1) is 0 Å². The van der Waals surface area contributed by atoms with Crippen LogP contribution in [0.15, 0.2) is 48.5 Å². The number of nitrogens with zero attached hydrogens (tertiary/aromatic N) is 1.